The highest BCUT2D eigenvalue weighted by molar-refractivity contribution is 9.08. The van der Waals surface area contributed by atoms with Crippen molar-refractivity contribution in [3.05, 3.63) is 23.9 Å². The number of halogens is 1. The number of aromatic nitrogens is 1. The Balaban J connectivity index is 2.17. The molecule has 0 aliphatic carbocycles. The van der Waals surface area contributed by atoms with Crippen LogP contribution in [0, 0.1) is 0 Å². The number of pyridine rings is 1. The van der Waals surface area contributed by atoms with Crippen LogP contribution in [0.15, 0.2) is 18.3 Å². The number of alkyl halides is 1. The molecule has 0 N–H and O–H groups in total. The van der Waals surface area contributed by atoms with Crippen molar-refractivity contribution < 1.29 is 0 Å². The number of anilines is 1. The van der Waals surface area contributed by atoms with Crippen LogP contribution in [0.1, 0.15) is 18.9 Å². The standard InChI is InChI=1S/C13H20BrN3/c1-3-12-10-17(8-7-16(12)2)13-11(9-14)5-4-6-15-13/h4-6,12H,3,7-10H2,1-2H3. The number of piperazine rings is 1. The number of nitrogens with zero attached hydrogens (tertiary/aromatic N) is 3. The number of rotatable bonds is 3. The molecular weight excluding hydrogens is 278 g/mol. The summed E-state index contributed by atoms with van der Waals surface area (Å²) in [6, 6.07) is 4.80. The second-order valence-electron chi connectivity index (χ2n) is 4.61. The quantitative estimate of drug-likeness (QED) is 0.799. The molecule has 2 heterocycles. The van der Waals surface area contributed by atoms with E-state index >= 15 is 0 Å². The van der Waals surface area contributed by atoms with E-state index in [2.05, 4.69) is 50.8 Å². The van der Waals surface area contributed by atoms with Gasteiger partial charge in [-0.3, -0.25) is 4.90 Å². The Morgan fingerprint density at radius 2 is 2.29 bits per heavy atom. The van der Waals surface area contributed by atoms with Crippen LogP contribution in [0.25, 0.3) is 0 Å². The van der Waals surface area contributed by atoms with Gasteiger partial charge in [-0.25, -0.2) is 4.98 Å². The molecule has 1 aliphatic heterocycles. The van der Waals surface area contributed by atoms with Gasteiger partial charge in [0, 0.05) is 42.8 Å². The maximum atomic E-state index is 4.54. The molecule has 17 heavy (non-hydrogen) atoms. The summed E-state index contributed by atoms with van der Waals surface area (Å²) in [7, 11) is 2.22. The Kier molecular flexibility index (Phi) is 4.40. The molecule has 1 atom stereocenters. The van der Waals surface area contributed by atoms with Crippen LogP contribution in [-0.2, 0) is 5.33 Å². The summed E-state index contributed by atoms with van der Waals surface area (Å²) in [6.07, 6.45) is 3.09. The fourth-order valence-electron chi connectivity index (χ4n) is 2.40. The van der Waals surface area contributed by atoms with Gasteiger partial charge >= 0.3 is 0 Å². The van der Waals surface area contributed by atoms with Gasteiger partial charge in [-0.2, -0.15) is 0 Å². The molecule has 94 valence electrons. The van der Waals surface area contributed by atoms with Gasteiger partial charge in [-0.1, -0.05) is 28.9 Å². The fraction of sp³-hybridized carbons (Fsp3) is 0.615. The van der Waals surface area contributed by atoms with Crippen LogP contribution in [-0.4, -0.2) is 42.6 Å². The number of hydrogen-bond acceptors (Lipinski definition) is 3. The van der Waals surface area contributed by atoms with Crippen LogP contribution in [0.4, 0.5) is 5.82 Å². The second-order valence-corrected chi connectivity index (χ2v) is 5.17. The van der Waals surface area contributed by atoms with E-state index in [0.717, 1.165) is 30.8 Å². The monoisotopic (exact) mass is 297 g/mol. The predicted octanol–water partition coefficient (Wildman–Crippen LogP) is 2.51. The predicted molar refractivity (Wildman–Crippen MR) is 75.8 cm³/mol. The SMILES string of the molecule is CCC1CN(c2ncccc2CBr)CCN1C. The zero-order valence-electron chi connectivity index (χ0n) is 10.6. The van der Waals surface area contributed by atoms with Gasteiger partial charge in [-0.05, 0) is 19.5 Å². The van der Waals surface area contributed by atoms with Crippen molar-refractivity contribution in [2.24, 2.45) is 0 Å². The Labute approximate surface area is 112 Å². The summed E-state index contributed by atoms with van der Waals surface area (Å²) >= 11 is 3.54. The maximum absolute atomic E-state index is 4.54. The highest BCUT2D eigenvalue weighted by atomic mass is 79.9. The van der Waals surface area contributed by atoms with Crippen LogP contribution in [0.3, 0.4) is 0 Å². The summed E-state index contributed by atoms with van der Waals surface area (Å²) in [6.45, 7) is 5.54. The zero-order chi connectivity index (χ0) is 12.3. The first-order chi connectivity index (χ1) is 8.26. The van der Waals surface area contributed by atoms with Gasteiger partial charge in [0.15, 0.2) is 0 Å². The fourth-order valence-corrected chi connectivity index (χ4v) is 2.84. The second kappa shape index (κ2) is 5.83. The third-order valence-corrected chi connectivity index (χ3v) is 4.16. The van der Waals surface area contributed by atoms with E-state index in [1.54, 1.807) is 0 Å². The van der Waals surface area contributed by atoms with E-state index < -0.39 is 0 Å². The molecule has 1 aliphatic rings. The lowest BCUT2D eigenvalue weighted by molar-refractivity contribution is 0.213. The average Bonchev–Trinajstić information content (AvgIpc) is 2.39. The lowest BCUT2D eigenvalue weighted by atomic mass is 10.1. The van der Waals surface area contributed by atoms with E-state index in [1.807, 2.05) is 12.3 Å². The average molecular weight is 298 g/mol. The zero-order valence-corrected chi connectivity index (χ0v) is 12.2. The first-order valence-electron chi connectivity index (χ1n) is 6.21. The summed E-state index contributed by atoms with van der Waals surface area (Å²) in [5.74, 6) is 1.15. The van der Waals surface area contributed by atoms with E-state index in [-0.39, 0.29) is 0 Å². The Bertz CT molecular complexity index is 369. The molecule has 0 amide bonds. The van der Waals surface area contributed by atoms with Gasteiger partial charge in [0.1, 0.15) is 5.82 Å². The molecular formula is C13H20BrN3. The highest BCUT2D eigenvalue weighted by Gasteiger charge is 2.24. The molecule has 1 unspecified atom stereocenters. The molecule has 1 saturated heterocycles. The third kappa shape index (κ3) is 2.80. The van der Waals surface area contributed by atoms with E-state index in [1.165, 1.54) is 12.0 Å². The van der Waals surface area contributed by atoms with Gasteiger partial charge in [0.25, 0.3) is 0 Å². The summed E-state index contributed by atoms with van der Waals surface area (Å²) in [4.78, 5) is 9.42. The normalized spacial score (nSPS) is 21.8. The van der Waals surface area contributed by atoms with Gasteiger partial charge < -0.3 is 4.90 Å². The first-order valence-corrected chi connectivity index (χ1v) is 7.33. The van der Waals surface area contributed by atoms with Crippen molar-refractivity contribution >= 4 is 21.7 Å². The summed E-state index contributed by atoms with van der Waals surface area (Å²) in [5, 5.41) is 0.874. The molecule has 0 radical (unpaired) electrons. The van der Waals surface area contributed by atoms with E-state index in [0.29, 0.717) is 6.04 Å². The van der Waals surface area contributed by atoms with Gasteiger partial charge in [-0.15, -0.1) is 0 Å². The summed E-state index contributed by atoms with van der Waals surface area (Å²) in [5.41, 5.74) is 1.28. The minimum absolute atomic E-state index is 0.647. The minimum Gasteiger partial charge on any atom is -0.354 e. The van der Waals surface area contributed by atoms with Crippen molar-refractivity contribution in [3.63, 3.8) is 0 Å². The number of hydrogen-bond donors (Lipinski definition) is 0. The van der Waals surface area contributed by atoms with Gasteiger partial charge in [0.2, 0.25) is 0 Å². The van der Waals surface area contributed by atoms with Crippen molar-refractivity contribution in [2.75, 3.05) is 31.6 Å². The van der Waals surface area contributed by atoms with E-state index in [4.69, 9.17) is 0 Å². The molecule has 0 saturated carbocycles. The molecule has 1 aromatic rings. The molecule has 2 rings (SSSR count). The Hall–Kier alpha value is -0.610. The third-order valence-electron chi connectivity index (χ3n) is 3.56. The van der Waals surface area contributed by atoms with Crippen molar-refractivity contribution in [2.45, 2.75) is 24.7 Å². The molecule has 3 nitrogen and oxygen atoms in total. The van der Waals surface area contributed by atoms with Crippen LogP contribution in [0.2, 0.25) is 0 Å². The molecule has 1 fully saturated rings. The topological polar surface area (TPSA) is 19.4 Å². The first kappa shape index (κ1) is 12.8. The van der Waals surface area contributed by atoms with Gasteiger partial charge in [0.05, 0.1) is 0 Å². The van der Waals surface area contributed by atoms with Crippen LogP contribution in [0.5, 0.6) is 0 Å². The lowest BCUT2D eigenvalue weighted by Gasteiger charge is -2.40. The van der Waals surface area contributed by atoms with E-state index in [9.17, 15) is 0 Å². The molecule has 0 spiro atoms. The van der Waals surface area contributed by atoms with Crippen molar-refractivity contribution in [1.29, 1.82) is 0 Å². The maximum Gasteiger partial charge on any atom is 0.132 e. The molecule has 0 aromatic carbocycles. The lowest BCUT2D eigenvalue weighted by Crippen LogP contribution is -2.51. The Morgan fingerprint density at radius 3 is 3.00 bits per heavy atom. The Morgan fingerprint density at radius 1 is 1.47 bits per heavy atom. The molecule has 1 aromatic heterocycles. The largest absolute Gasteiger partial charge is 0.354 e. The van der Waals surface area contributed by atoms with Crippen LogP contribution < -0.4 is 4.90 Å². The van der Waals surface area contributed by atoms with Crippen molar-refractivity contribution in [3.8, 4) is 0 Å². The molecule has 4 heteroatoms. The smallest absolute Gasteiger partial charge is 0.132 e. The van der Waals surface area contributed by atoms with Crippen LogP contribution >= 0.6 is 15.9 Å². The highest BCUT2D eigenvalue weighted by Crippen LogP contribution is 2.23. The minimum atomic E-state index is 0.647. The van der Waals surface area contributed by atoms with Crippen molar-refractivity contribution in [1.82, 2.24) is 9.88 Å². The number of likely N-dealkylation sites (N-methyl/N-ethyl adjacent to an activating group) is 1. The molecule has 0 bridgehead atoms. The summed E-state index contributed by atoms with van der Waals surface area (Å²) < 4.78 is 0.